The first-order chi connectivity index (χ1) is 15.4. The third-order valence-corrected chi connectivity index (χ3v) is 4.88. The summed E-state index contributed by atoms with van der Waals surface area (Å²) < 4.78 is 16.0. The summed E-state index contributed by atoms with van der Waals surface area (Å²) in [7, 11) is 2.87. The fourth-order valence-corrected chi connectivity index (χ4v) is 3.39. The largest absolute Gasteiger partial charge is 0.493 e. The number of carbonyl (C=O) groups excluding carboxylic acids is 2. The molecule has 7 heteroatoms. The van der Waals surface area contributed by atoms with Crippen LogP contribution in [0.2, 0.25) is 0 Å². The Hall–Kier alpha value is -3.74. The highest BCUT2D eigenvalue weighted by atomic mass is 16.5. The van der Waals surface area contributed by atoms with Gasteiger partial charge in [0.1, 0.15) is 6.04 Å². The van der Waals surface area contributed by atoms with E-state index in [1.807, 2.05) is 50.4 Å². The summed E-state index contributed by atoms with van der Waals surface area (Å²) in [5.41, 5.74) is 2.65. The van der Waals surface area contributed by atoms with Crippen molar-refractivity contribution in [1.82, 2.24) is 10.3 Å². The minimum absolute atomic E-state index is 0.0171. The Labute approximate surface area is 187 Å². The number of methoxy groups -OCH3 is 2. The minimum Gasteiger partial charge on any atom is -0.493 e. The molecular weight excluding hydrogens is 408 g/mol. The fraction of sp³-hybridized carbons (Fsp3) is 0.280. The van der Waals surface area contributed by atoms with Gasteiger partial charge in [0, 0.05) is 29.6 Å². The van der Waals surface area contributed by atoms with Crippen LogP contribution < -0.4 is 14.8 Å². The second-order valence-corrected chi connectivity index (χ2v) is 7.56. The van der Waals surface area contributed by atoms with Crippen molar-refractivity contribution in [1.29, 1.82) is 0 Å². The zero-order valence-electron chi connectivity index (χ0n) is 18.7. The van der Waals surface area contributed by atoms with Gasteiger partial charge in [-0.3, -0.25) is 4.79 Å². The van der Waals surface area contributed by atoms with E-state index >= 15 is 0 Å². The third-order valence-electron chi connectivity index (χ3n) is 4.88. The molecule has 3 rings (SSSR count). The maximum atomic E-state index is 12.5. The number of ether oxygens (including phenoxy) is 3. The Morgan fingerprint density at radius 1 is 1.09 bits per heavy atom. The van der Waals surface area contributed by atoms with Gasteiger partial charge in [-0.1, -0.05) is 24.3 Å². The van der Waals surface area contributed by atoms with E-state index in [0.29, 0.717) is 17.9 Å². The van der Waals surface area contributed by atoms with E-state index in [2.05, 4.69) is 10.3 Å². The summed E-state index contributed by atoms with van der Waals surface area (Å²) in [5, 5.41) is 3.74. The quantitative estimate of drug-likeness (QED) is 0.393. The van der Waals surface area contributed by atoms with Gasteiger partial charge in [0.2, 0.25) is 5.91 Å². The predicted octanol–water partition coefficient (Wildman–Crippen LogP) is 3.88. The fourth-order valence-electron chi connectivity index (χ4n) is 3.39. The number of amides is 1. The normalized spacial score (nSPS) is 12.2. The van der Waals surface area contributed by atoms with Crippen LogP contribution in [-0.4, -0.2) is 43.2 Å². The SMILES string of the molecule is COC(=O)[C@@H](Cc1c[nH]c2ccccc12)NC(=O)/C=C/c1ccc(OC(C)C)c(OC)c1. The molecule has 7 nitrogen and oxygen atoms in total. The second-order valence-electron chi connectivity index (χ2n) is 7.56. The highest BCUT2D eigenvalue weighted by Crippen LogP contribution is 2.29. The van der Waals surface area contributed by atoms with E-state index < -0.39 is 17.9 Å². The summed E-state index contributed by atoms with van der Waals surface area (Å²) in [6.45, 7) is 3.87. The first kappa shape index (κ1) is 22.9. The van der Waals surface area contributed by atoms with E-state index in [1.54, 1.807) is 25.3 Å². The number of rotatable bonds is 9. The van der Waals surface area contributed by atoms with Crippen molar-refractivity contribution in [3.05, 3.63) is 65.9 Å². The van der Waals surface area contributed by atoms with Crippen LogP contribution in [0.25, 0.3) is 17.0 Å². The molecule has 0 fully saturated rings. The lowest BCUT2D eigenvalue weighted by Crippen LogP contribution is -2.42. The van der Waals surface area contributed by atoms with Gasteiger partial charge in [0.25, 0.3) is 0 Å². The highest BCUT2D eigenvalue weighted by molar-refractivity contribution is 5.95. The minimum atomic E-state index is -0.812. The molecule has 1 atom stereocenters. The van der Waals surface area contributed by atoms with Gasteiger partial charge >= 0.3 is 5.97 Å². The summed E-state index contributed by atoms with van der Waals surface area (Å²) in [6, 6.07) is 12.4. The summed E-state index contributed by atoms with van der Waals surface area (Å²) >= 11 is 0. The van der Waals surface area contributed by atoms with Gasteiger partial charge in [-0.15, -0.1) is 0 Å². The molecule has 0 bridgehead atoms. The molecule has 0 aliphatic rings. The molecule has 2 aromatic carbocycles. The van der Waals surface area contributed by atoms with Crippen LogP contribution in [0.5, 0.6) is 11.5 Å². The smallest absolute Gasteiger partial charge is 0.328 e. The highest BCUT2D eigenvalue weighted by Gasteiger charge is 2.22. The van der Waals surface area contributed by atoms with Gasteiger partial charge in [0.05, 0.1) is 20.3 Å². The summed E-state index contributed by atoms with van der Waals surface area (Å²) in [5.74, 6) is 0.303. The van der Waals surface area contributed by atoms with Gasteiger partial charge in [-0.25, -0.2) is 4.79 Å². The summed E-state index contributed by atoms with van der Waals surface area (Å²) in [6.07, 6.45) is 5.20. The molecule has 0 radical (unpaired) electrons. The van der Waals surface area contributed by atoms with Crippen molar-refractivity contribution in [2.45, 2.75) is 32.4 Å². The Kier molecular flexibility index (Phi) is 7.54. The maximum absolute atomic E-state index is 12.5. The molecule has 0 saturated heterocycles. The number of fused-ring (bicyclic) bond motifs is 1. The van der Waals surface area contributed by atoms with Gasteiger partial charge in [-0.05, 0) is 49.2 Å². The van der Waals surface area contributed by atoms with Crippen LogP contribution in [-0.2, 0) is 20.7 Å². The van der Waals surface area contributed by atoms with Crippen LogP contribution in [0.15, 0.2) is 54.7 Å². The Bertz CT molecular complexity index is 1120. The molecule has 1 aromatic heterocycles. The maximum Gasteiger partial charge on any atom is 0.328 e. The van der Waals surface area contributed by atoms with Crippen molar-refractivity contribution in [3.63, 3.8) is 0 Å². The zero-order chi connectivity index (χ0) is 23.1. The molecule has 32 heavy (non-hydrogen) atoms. The number of hydrogen-bond acceptors (Lipinski definition) is 5. The van der Waals surface area contributed by atoms with Crippen molar-refractivity contribution in [2.24, 2.45) is 0 Å². The molecule has 0 aliphatic heterocycles. The molecule has 1 amide bonds. The average Bonchev–Trinajstić information content (AvgIpc) is 3.20. The van der Waals surface area contributed by atoms with Crippen molar-refractivity contribution in [3.8, 4) is 11.5 Å². The predicted molar refractivity (Wildman–Crippen MR) is 124 cm³/mol. The number of nitrogens with one attached hydrogen (secondary N) is 2. The van der Waals surface area contributed by atoms with Gasteiger partial charge < -0.3 is 24.5 Å². The Balaban J connectivity index is 1.71. The number of hydrogen-bond donors (Lipinski definition) is 2. The Morgan fingerprint density at radius 3 is 2.59 bits per heavy atom. The van der Waals surface area contributed by atoms with E-state index in [9.17, 15) is 9.59 Å². The van der Waals surface area contributed by atoms with Gasteiger partial charge in [-0.2, -0.15) is 0 Å². The summed E-state index contributed by atoms with van der Waals surface area (Å²) in [4.78, 5) is 28.0. The van der Waals surface area contributed by atoms with Crippen molar-refractivity contribution >= 4 is 28.9 Å². The molecule has 168 valence electrons. The second kappa shape index (κ2) is 10.5. The van der Waals surface area contributed by atoms with Crippen LogP contribution in [0, 0.1) is 0 Å². The van der Waals surface area contributed by atoms with Crippen LogP contribution in [0.1, 0.15) is 25.0 Å². The van der Waals surface area contributed by atoms with Crippen molar-refractivity contribution in [2.75, 3.05) is 14.2 Å². The first-order valence-corrected chi connectivity index (χ1v) is 10.4. The molecule has 3 aromatic rings. The standard InChI is InChI=1S/C25H28N2O5/c1-16(2)32-22-11-9-17(13-23(22)30-3)10-12-24(28)27-21(25(29)31-4)14-18-15-26-20-8-6-5-7-19(18)20/h5-13,15-16,21,26H,14H2,1-4H3,(H,27,28)/b12-10+/t21-/m1/s1. The molecule has 1 heterocycles. The average molecular weight is 437 g/mol. The molecule has 0 spiro atoms. The van der Waals surface area contributed by atoms with Crippen LogP contribution in [0.3, 0.4) is 0 Å². The molecular formula is C25H28N2O5. The third kappa shape index (κ3) is 5.69. The van der Waals surface area contributed by atoms with Gasteiger partial charge in [0.15, 0.2) is 11.5 Å². The molecule has 0 unspecified atom stereocenters. The molecule has 2 N–H and O–H groups in total. The van der Waals surface area contributed by atoms with E-state index in [0.717, 1.165) is 22.0 Å². The topological polar surface area (TPSA) is 89.7 Å². The van der Waals surface area contributed by atoms with E-state index in [1.165, 1.54) is 13.2 Å². The number of aromatic amines is 1. The molecule has 0 aliphatic carbocycles. The number of aromatic nitrogens is 1. The number of carbonyl (C=O) groups is 2. The number of benzene rings is 2. The van der Waals surface area contributed by atoms with Crippen LogP contribution in [0.4, 0.5) is 0 Å². The van der Waals surface area contributed by atoms with Crippen molar-refractivity contribution < 1.29 is 23.8 Å². The van der Waals surface area contributed by atoms with E-state index in [-0.39, 0.29) is 6.10 Å². The lowest BCUT2D eigenvalue weighted by atomic mass is 10.0. The number of esters is 1. The lowest BCUT2D eigenvalue weighted by molar-refractivity contribution is -0.144. The Morgan fingerprint density at radius 2 is 1.88 bits per heavy atom. The van der Waals surface area contributed by atoms with Crippen LogP contribution >= 0.6 is 0 Å². The number of para-hydroxylation sites is 1. The monoisotopic (exact) mass is 436 g/mol. The zero-order valence-corrected chi connectivity index (χ0v) is 18.7. The number of H-pyrrole nitrogens is 1. The van der Waals surface area contributed by atoms with E-state index in [4.69, 9.17) is 14.2 Å². The molecule has 0 saturated carbocycles. The first-order valence-electron chi connectivity index (χ1n) is 10.4. The lowest BCUT2D eigenvalue weighted by Gasteiger charge is -2.15.